The van der Waals surface area contributed by atoms with Gasteiger partial charge in [0, 0.05) is 6.42 Å². The molecule has 0 aromatic rings. The summed E-state index contributed by atoms with van der Waals surface area (Å²) in [6, 6.07) is 2.16. The highest BCUT2D eigenvalue weighted by Crippen LogP contribution is 2.10. The molecule has 0 heterocycles. The third kappa shape index (κ3) is 12.9. The van der Waals surface area contributed by atoms with Crippen LogP contribution in [0.25, 0.3) is 0 Å². The lowest BCUT2D eigenvalue weighted by Crippen LogP contribution is -1.80. The molecule has 96 valence electrons. The number of rotatable bonds is 11. The van der Waals surface area contributed by atoms with Crippen molar-refractivity contribution in [2.24, 2.45) is 0 Å². The Morgan fingerprint density at radius 2 is 1.88 bits per heavy atom. The molecule has 0 unspecified atom stereocenters. The number of nitrogens with zero attached hydrogens (tertiary/aromatic N) is 1. The molecular weight excluding hydrogens is 206 g/mol. The smallest absolute Gasteiger partial charge is 0.0621 e. The first-order valence-electron chi connectivity index (χ1n) is 6.99. The molecule has 0 aromatic heterocycles. The van der Waals surface area contributed by atoms with Crippen molar-refractivity contribution in [1.82, 2.24) is 0 Å². The molecule has 0 aliphatic heterocycles. The highest BCUT2D eigenvalue weighted by molar-refractivity contribution is 5.02. The summed E-state index contributed by atoms with van der Waals surface area (Å²) in [6.45, 7) is 6.27. The van der Waals surface area contributed by atoms with E-state index in [1.807, 2.05) is 0 Å². The molecule has 0 aliphatic rings. The second-order valence-corrected chi connectivity index (χ2v) is 4.64. The summed E-state index contributed by atoms with van der Waals surface area (Å²) in [4.78, 5) is 0. The fourth-order valence-electron chi connectivity index (χ4n) is 1.75. The molecule has 0 amide bonds. The van der Waals surface area contributed by atoms with Gasteiger partial charge in [0.15, 0.2) is 0 Å². The van der Waals surface area contributed by atoms with E-state index in [4.69, 9.17) is 5.26 Å². The molecule has 0 radical (unpaired) electrons. The zero-order chi connectivity index (χ0) is 12.8. The second-order valence-electron chi connectivity index (χ2n) is 4.64. The summed E-state index contributed by atoms with van der Waals surface area (Å²) < 4.78 is 0. The van der Waals surface area contributed by atoms with Crippen molar-refractivity contribution >= 4 is 0 Å². The second kappa shape index (κ2) is 13.0. The maximum Gasteiger partial charge on any atom is 0.0621 e. The minimum Gasteiger partial charge on any atom is -0.198 e. The molecular formula is C16H27N. The SMILES string of the molecule is C=C(C/C=C/CCCCCCC)CCCC#N. The standard InChI is InChI=1S/C16H27N/c1-3-4-5-6-7-8-9-10-13-16(2)14-11-12-15-17/h9-10H,2-8,11-14H2,1H3/b10-9+. The first kappa shape index (κ1) is 16.0. The lowest BCUT2D eigenvalue weighted by atomic mass is 10.1. The third-order valence-corrected chi connectivity index (χ3v) is 2.87. The molecule has 0 fully saturated rings. The van der Waals surface area contributed by atoms with Gasteiger partial charge in [0.2, 0.25) is 0 Å². The first-order valence-corrected chi connectivity index (χ1v) is 6.99. The quantitative estimate of drug-likeness (QED) is 0.339. The molecule has 0 bridgehead atoms. The van der Waals surface area contributed by atoms with E-state index in [-0.39, 0.29) is 0 Å². The largest absolute Gasteiger partial charge is 0.198 e. The fourth-order valence-corrected chi connectivity index (χ4v) is 1.75. The van der Waals surface area contributed by atoms with Gasteiger partial charge in [0.25, 0.3) is 0 Å². The van der Waals surface area contributed by atoms with E-state index in [1.165, 1.54) is 44.1 Å². The third-order valence-electron chi connectivity index (χ3n) is 2.87. The summed E-state index contributed by atoms with van der Waals surface area (Å²) in [5.74, 6) is 0. The van der Waals surface area contributed by atoms with E-state index in [1.54, 1.807) is 0 Å². The average molecular weight is 233 g/mol. The summed E-state index contributed by atoms with van der Waals surface area (Å²) in [5, 5.41) is 8.42. The van der Waals surface area contributed by atoms with Crippen LogP contribution in [0.15, 0.2) is 24.3 Å². The molecule has 0 saturated carbocycles. The summed E-state index contributed by atoms with van der Waals surface area (Å²) in [5.41, 5.74) is 1.25. The van der Waals surface area contributed by atoms with Crippen molar-refractivity contribution in [2.45, 2.75) is 71.1 Å². The Bertz CT molecular complexity index is 245. The number of nitriles is 1. The molecule has 0 aliphatic carbocycles. The van der Waals surface area contributed by atoms with Crippen molar-refractivity contribution < 1.29 is 0 Å². The Hall–Kier alpha value is -1.03. The van der Waals surface area contributed by atoms with Gasteiger partial charge in [-0.05, 0) is 32.1 Å². The fraction of sp³-hybridized carbons (Fsp3) is 0.688. The van der Waals surface area contributed by atoms with Crippen LogP contribution < -0.4 is 0 Å². The molecule has 0 N–H and O–H groups in total. The molecule has 1 heteroatoms. The van der Waals surface area contributed by atoms with Crippen LogP contribution >= 0.6 is 0 Å². The monoisotopic (exact) mass is 233 g/mol. The van der Waals surface area contributed by atoms with Gasteiger partial charge >= 0.3 is 0 Å². The van der Waals surface area contributed by atoms with Crippen LogP contribution in [0.3, 0.4) is 0 Å². The Kier molecular flexibility index (Phi) is 12.2. The van der Waals surface area contributed by atoms with Crippen LogP contribution in [0.2, 0.25) is 0 Å². The first-order chi connectivity index (χ1) is 8.31. The predicted molar refractivity (Wildman–Crippen MR) is 75.7 cm³/mol. The molecule has 17 heavy (non-hydrogen) atoms. The van der Waals surface area contributed by atoms with Crippen molar-refractivity contribution in [3.63, 3.8) is 0 Å². The van der Waals surface area contributed by atoms with E-state index in [0.717, 1.165) is 19.3 Å². The van der Waals surface area contributed by atoms with E-state index in [2.05, 4.69) is 31.7 Å². The van der Waals surface area contributed by atoms with Gasteiger partial charge in [0.1, 0.15) is 0 Å². The number of hydrogen-bond acceptors (Lipinski definition) is 1. The number of allylic oxidation sites excluding steroid dienone is 3. The van der Waals surface area contributed by atoms with Gasteiger partial charge in [-0.25, -0.2) is 0 Å². The maximum absolute atomic E-state index is 8.42. The molecule has 0 rings (SSSR count). The molecule has 0 atom stereocenters. The summed E-state index contributed by atoms with van der Waals surface area (Å²) in [6.07, 6.45) is 16.1. The number of unbranched alkanes of at least 4 members (excludes halogenated alkanes) is 6. The number of hydrogen-bond donors (Lipinski definition) is 0. The van der Waals surface area contributed by atoms with E-state index in [0.29, 0.717) is 6.42 Å². The average Bonchev–Trinajstić information content (AvgIpc) is 2.33. The van der Waals surface area contributed by atoms with E-state index >= 15 is 0 Å². The van der Waals surface area contributed by atoms with Crippen LogP contribution in [0.4, 0.5) is 0 Å². The maximum atomic E-state index is 8.42. The molecule has 0 saturated heterocycles. The molecule has 0 spiro atoms. The van der Waals surface area contributed by atoms with Gasteiger partial charge in [0.05, 0.1) is 6.07 Å². The van der Waals surface area contributed by atoms with Gasteiger partial charge in [-0.15, -0.1) is 0 Å². The highest BCUT2D eigenvalue weighted by Gasteiger charge is 1.92. The Balaban J connectivity index is 3.29. The van der Waals surface area contributed by atoms with E-state index in [9.17, 15) is 0 Å². The highest BCUT2D eigenvalue weighted by atomic mass is 14.2. The molecule has 0 aromatic carbocycles. The van der Waals surface area contributed by atoms with Gasteiger partial charge in [-0.1, -0.05) is 56.9 Å². The zero-order valence-corrected chi connectivity index (χ0v) is 11.4. The summed E-state index contributed by atoms with van der Waals surface area (Å²) >= 11 is 0. The van der Waals surface area contributed by atoms with E-state index < -0.39 is 0 Å². The van der Waals surface area contributed by atoms with Gasteiger partial charge < -0.3 is 0 Å². The van der Waals surface area contributed by atoms with Crippen molar-refractivity contribution in [3.8, 4) is 6.07 Å². The topological polar surface area (TPSA) is 23.8 Å². The Labute approximate surface area is 107 Å². The predicted octanol–water partition coefficient (Wildman–Crippen LogP) is 5.54. The van der Waals surface area contributed by atoms with Crippen molar-refractivity contribution in [3.05, 3.63) is 24.3 Å². The van der Waals surface area contributed by atoms with Crippen LogP contribution in [0.1, 0.15) is 71.1 Å². The van der Waals surface area contributed by atoms with Crippen LogP contribution in [-0.4, -0.2) is 0 Å². The minimum atomic E-state index is 0.653. The lowest BCUT2D eigenvalue weighted by Gasteiger charge is -1.99. The minimum absolute atomic E-state index is 0.653. The van der Waals surface area contributed by atoms with Crippen molar-refractivity contribution in [1.29, 1.82) is 5.26 Å². The Morgan fingerprint density at radius 3 is 2.59 bits per heavy atom. The van der Waals surface area contributed by atoms with Crippen LogP contribution in [0, 0.1) is 11.3 Å². The van der Waals surface area contributed by atoms with Gasteiger partial charge in [-0.3, -0.25) is 0 Å². The zero-order valence-electron chi connectivity index (χ0n) is 11.4. The van der Waals surface area contributed by atoms with Crippen molar-refractivity contribution in [2.75, 3.05) is 0 Å². The Morgan fingerprint density at radius 1 is 1.12 bits per heavy atom. The van der Waals surface area contributed by atoms with Crippen LogP contribution in [0.5, 0.6) is 0 Å². The molecule has 1 nitrogen and oxygen atoms in total. The van der Waals surface area contributed by atoms with Crippen LogP contribution in [-0.2, 0) is 0 Å². The lowest BCUT2D eigenvalue weighted by molar-refractivity contribution is 0.637. The summed E-state index contributed by atoms with van der Waals surface area (Å²) in [7, 11) is 0. The van der Waals surface area contributed by atoms with Gasteiger partial charge in [-0.2, -0.15) is 5.26 Å². The normalized spacial score (nSPS) is 10.6.